The van der Waals surface area contributed by atoms with E-state index >= 15 is 0 Å². The van der Waals surface area contributed by atoms with Gasteiger partial charge in [-0.1, -0.05) is 28.9 Å². The quantitative estimate of drug-likeness (QED) is 0.721. The molecule has 0 radical (unpaired) electrons. The number of aryl methyl sites for hydroxylation is 1. The molecule has 2 aromatic heterocycles. The van der Waals surface area contributed by atoms with E-state index in [1.165, 1.54) is 0 Å². The molecule has 4 rings (SSSR count). The maximum atomic E-state index is 13.0. The van der Waals surface area contributed by atoms with Crippen LogP contribution in [0.1, 0.15) is 22.4 Å². The van der Waals surface area contributed by atoms with Gasteiger partial charge in [-0.15, -0.1) is 12.4 Å². The van der Waals surface area contributed by atoms with Gasteiger partial charge in [0.15, 0.2) is 11.5 Å². The molecule has 0 bridgehead atoms. The lowest BCUT2D eigenvalue weighted by atomic mass is 10.1. The highest BCUT2D eigenvalue weighted by molar-refractivity contribution is 6.30. The molecular formula is C18H19Cl2N5O2. The number of hydrogen-bond acceptors (Lipinski definition) is 5. The minimum atomic E-state index is -0.170. The van der Waals surface area contributed by atoms with Gasteiger partial charge in [0.25, 0.3) is 5.91 Å². The highest BCUT2D eigenvalue weighted by Gasteiger charge is 2.32. The van der Waals surface area contributed by atoms with Crippen LogP contribution >= 0.6 is 24.0 Å². The molecule has 1 aliphatic rings. The molecular weight excluding hydrogens is 389 g/mol. The third-order valence-electron chi connectivity index (χ3n) is 4.50. The summed E-state index contributed by atoms with van der Waals surface area (Å²) in [5, 5.41) is 7.90. The van der Waals surface area contributed by atoms with Crippen LogP contribution in [0.25, 0.3) is 11.3 Å². The van der Waals surface area contributed by atoms with Crippen molar-refractivity contribution in [1.29, 1.82) is 0 Å². The summed E-state index contributed by atoms with van der Waals surface area (Å²) in [6.07, 6.45) is 3.61. The van der Waals surface area contributed by atoms with E-state index in [0.29, 0.717) is 23.9 Å². The minimum Gasteiger partial charge on any atom is -0.355 e. The summed E-state index contributed by atoms with van der Waals surface area (Å²) in [7, 11) is 1.92. The van der Waals surface area contributed by atoms with E-state index in [4.69, 9.17) is 16.1 Å². The third-order valence-corrected chi connectivity index (χ3v) is 4.73. The summed E-state index contributed by atoms with van der Waals surface area (Å²) < 4.78 is 7.30. The van der Waals surface area contributed by atoms with Gasteiger partial charge in [0, 0.05) is 55.7 Å². The summed E-state index contributed by atoms with van der Waals surface area (Å²) in [6, 6.07) is 8.76. The Morgan fingerprint density at radius 2 is 2.22 bits per heavy atom. The fourth-order valence-corrected chi connectivity index (χ4v) is 3.37. The van der Waals surface area contributed by atoms with Crippen LogP contribution in [0.3, 0.4) is 0 Å². The van der Waals surface area contributed by atoms with Gasteiger partial charge in [0.2, 0.25) is 0 Å². The average Bonchev–Trinajstić information content (AvgIpc) is 3.30. The fourth-order valence-electron chi connectivity index (χ4n) is 3.18. The lowest BCUT2D eigenvalue weighted by Gasteiger charge is -2.35. The monoisotopic (exact) mass is 407 g/mol. The molecule has 0 aliphatic carbocycles. The smallest absolute Gasteiger partial charge is 0.276 e. The van der Waals surface area contributed by atoms with E-state index < -0.39 is 0 Å². The maximum Gasteiger partial charge on any atom is 0.276 e. The highest BCUT2D eigenvalue weighted by atomic mass is 35.5. The lowest BCUT2D eigenvalue weighted by molar-refractivity contribution is 0.0610. The molecule has 1 atom stereocenters. The van der Waals surface area contributed by atoms with E-state index in [2.05, 4.69) is 15.5 Å². The molecule has 1 aromatic carbocycles. The topological polar surface area (TPSA) is 76.2 Å². The molecule has 27 heavy (non-hydrogen) atoms. The van der Waals surface area contributed by atoms with Crippen LogP contribution < -0.4 is 5.32 Å². The number of carbonyl (C=O) groups is 1. The molecule has 1 fully saturated rings. The normalized spacial score (nSPS) is 16.8. The summed E-state index contributed by atoms with van der Waals surface area (Å²) in [5.74, 6) is 1.18. The minimum absolute atomic E-state index is 0. The number of aromatic nitrogens is 3. The molecule has 9 heteroatoms. The molecule has 7 nitrogen and oxygen atoms in total. The van der Waals surface area contributed by atoms with Gasteiger partial charge in [-0.25, -0.2) is 4.98 Å². The van der Waals surface area contributed by atoms with Crippen LogP contribution in [-0.2, 0) is 7.05 Å². The first kappa shape index (κ1) is 19.4. The second-order valence-electron chi connectivity index (χ2n) is 6.20. The number of nitrogens with one attached hydrogen (secondary N) is 1. The van der Waals surface area contributed by atoms with Crippen molar-refractivity contribution in [3.8, 4) is 11.3 Å². The van der Waals surface area contributed by atoms with Crippen molar-refractivity contribution >= 4 is 29.9 Å². The highest BCUT2D eigenvalue weighted by Crippen LogP contribution is 2.26. The Hall–Kier alpha value is -2.35. The van der Waals surface area contributed by atoms with Crippen molar-refractivity contribution in [2.24, 2.45) is 7.05 Å². The number of benzene rings is 1. The van der Waals surface area contributed by atoms with Crippen LogP contribution in [-0.4, -0.2) is 45.1 Å². The molecule has 1 N–H and O–H groups in total. The van der Waals surface area contributed by atoms with Crippen LogP contribution in [0.15, 0.2) is 47.2 Å². The first-order valence-corrected chi connectivity index (χ1v) is 8.73. The molecule has 3 heterocycles. The maximum absolute atomic E-state index is 13.0. The molecule has 0 saturated carbocycles. The van der Waals surface area contributed by atoms with Crippen LogP contribution in [0.2, 0.25) is 5.02 Å². The molecule has 1 saturated heterocycles. The Balaban J connectivity index is 0.00000210. The first-order valence-electron chi connectivity index (χ1n) is 8.35. The predicted molar refractivity (Wildman–Crippen MR) is 104 cm³/mol. The first-order chi connectivity index (χ1) is 12.6. The van der Waals surface area contributed by atoms with Gasteiger partial charge < -0.3 is 19.3 Å². The van der Waals surface area contributed by atoms with Gasteiger partial charge in [-0.2, -0.15) is 0 Å². The number of carbonyl (C=O) groups excluding carboxylic acids is 1. The Morgan fingerprint density at radius 1 is 1.37 bits per heavy atom. The Bertz CT molecular complexity index is 939. The Labute approximate surface area is 167 Å². The van der Waals surface area contributed by atoms with Crippen molar-refractivity contribution < 1.29 is 9.32 Å². The van der Waals surface area contributed by atoms with Gasteiger partial charge in [-0.05, 0) is 12.1 Å². The molecule has 3 aromatic rings. The van der Waals surface area contributed by atoms with Crippen molar-refractivity contribution in [2.75, 3.05) is 19.6 Å². The third kappa shape index (κ3) is 3.85. The summed E-state index contributed by atoms with van der Waals surface area (Å²) >= 11 is 6.02. The van der Waals surface area contributed by atoms with Gasteiger partial charge in [0.05, 0.1) is 0 Å². The van der Waals surface area contributed by atoms with Crippen LogP contribution in [0.4, 0.5) is 0 Å². The zero-order chi connectivity index (χ0) is 18.1. The van der Waals surface area contributed by atoms with Crippen LogP contribution in [0.5, 0.6) is 0 Å². The van der Waals surface area contributed by atoms with Gasteiger partial charge >= 0.3 is 0 Å². The molecule has 0 spiro atoms. The Kier molecular flexibility index (Phi) is 5.84. The number of halogens is 2. The number of nitrogens with zero attached hydrogens (tertiary/aromatic N) is 4. The number of hydrogen-bond donors (Lipinski definition) is 1. The van der Waals surface area contributed by atoms with Gasteiger partial charge in [-0.3, -0.25) is 4.79 Å². The predicted octanol–water partition coefficient (Wildman–Crippen LogP) is 2.94. The van der Waals surface area contributed by atoms with E-state index in [0.717, 1.165) is 17.9 Å². The van der Waals surface area contributed by atoms with E-state index in [1.807, 2.05) is 29.9 Å². The van der Waals surface area contributed by atoms with Gasteiger partial charge in [0.1, 0.15) is 11.9 Å². The van der Waals surface area contributed by atoms with Crippen LogP contribution in [0, 0.1) is 0 Å². The number of amides is 1. The summed E-state index contributed by atoms with van der Waals surface area (Å²) in [6.45, 7) is 1.96. The molecule has 1 unspecified atom stereocenters. The number of imidazole rings is 1. The number of rotatable bonds is 3. The lowest BCUT2D eigenvalue weighted by Crippen LogP contribution is -2.49. The summed E-state index contributed by atoms with van der Waals surface area (Å²) in [4.78, 5) is 19.2. The van der Waals surface area contributed by atoms with E-state index in [9.17, 15) is 4.79 Å². The zero-order valence-corrected chi connectivity index (χ0v) is 16.2. The molecule has 1 aliphatic heterocycles. The van der Waals surface area contributed by atoms with Crippen molar-refractivity contribution in [3.05, 3.63) is 59.3 Å². The molecule has 1 amide bonds. The van der Waals surface area contributed by atoms with Crippen molar-refractivity contribution in [2.45, 2.75) is 6.04 Å². The summed E-state index contributed by atoms with van der Waals surface area (Å²) in [5.41, 5.74) is 1.06. The fraction of sp³-hybridized carbons (Fsp3) is 0.278. The SMILES string of the molecule is Cl.Cn1ccnc1C1CNCCN1C(=O)c1cc(-c2cccc(Cl)c2)on1. The zero-order valence-electron chi connectivity index (χ0n) is 14.6. The van der Waals surface area contributed by atoms with E-state index in [1.54, 1.807) is 29.3 Å². The van der Waals surface area contributed by atoms with E-state index in [-0.39, 0.29) is 30.0 Å². The largest absolute Gasteiger partial charge is 0.355 e. The molecule has 142 valence electrons. The average molecular weight is 408 g/mol. The second-order valence-corrected chi connectivity index (χ2v) is 6.64. The standard InChI is InChI=1S/C18H18ClN5O2.ClH/c1-23-7-6-21-17(23)15-11-20-5-8-24(15)18(25)14-10-16(26-22-14)12-3-2-4-13(19)9-12;/h2-4,6-7,9-10,15,20H,5,8,11H2,1H3;1H. The van der Waals surface area contributed by atoms with Crippen molar-refractivity contribution in [1.82, 2.24) is 24.9 Å². The second kappa shape index (κ2) is 8.12. The Morgan fingerprint density at radius 3 is 2.96 bits per heavy atom. The number of piperazine rings is 1. The van der Waals surface area contributed by atoms with Crippen molar-refractivity contribution in [3.63, 3.8) is 0 Å².